The molecule has 1 heterocycles. The molecule has 26 heavy (non-hydrogen) atoms. The second kappa shape index (κ2) is 4.37. The van der Waals surface area contributed by atoms with Crippen LogP contribution < -0.4 is 0 Å². The van der Waals surface area contributed by atoms with Gasteiger partial charge in [-0.25, -0.2) is 8.42 Å². The van der Waals surface area contributed by atoms with Crippen molar-refractivity contribution in [2.75, 3.05) is 5.75 Å². The minimum Gasteiger partial charge on any atom is -0.299 e. The quantitative estimate of drug-likeness (QED) is 0.612. The fourth-order valence-electron chi connectivity index (χ4n) is 8.76. The predicted molar refractivity (Wildman–Crippen MR) is 96.0 cm³/mol. The van der Waals surface area contributed by atoms with Crippen molar-refractivity contribution in [3.63, 3.8) is 0 Å². The van der Waals surface area contributed by atoms with E-state index in [4.69, 9.17) is 0 Å². The zero-order chi connectivity index (χ0) is 18.2. The highest BCUT2D eigenvalue weighted by molar-refractivity contribution is 7.92. The van der Waals surface area contributed by atoms with Crippen molar-refractivity contribution >= 4 is 21.4 Å². The summed E-state index contributed by atoms with van der Waals surface area (Å²) in [6, 6.07) is 0. The number of hydrogen-bond donors (Lipinski definition) is 0. The maximum absolute atomic E-state index is 13.8. The Labute approximate surface area is 154 Å². The van der Waals surface area contributed by atoms with Gasteiger partial charge in [-0.3, -0.25) is 9.59 Å². The lowest BCUT2D eigenvalue weighted by atomic mass is 9.62. The lowest BCUT2D eigenvalue weighted by molar-refractivity contribution is -0.133. The molecule has 0 aromatic heterocycles. The van der Waals surface area contributed by atoms with Gasteiger partial charge in [-0.1, -0.05) is 11.1 Å². The van der Waals surface area contributed by atoms with Crippen LogP contribution in [0.5, 0.6) is 0 Å². The zero-order valence-electron chi connectivity index (χ0n) is 15.5. The van der Waals surface area contributed by atoms with Crippen LogP contribution in [0.2, 0.25) is 0 Å². The third-order valence-electron chi connectivity index (χ3n) is 9.17. The summed E-state index contributed by atoms with van der Waals surface area (Å²) in [7, 11) is -3.42. The van der Waals surface area contributed by atoms with Crippen LogP contribution in [0.3, 0.4) is 0 Å². The number of fused-ring (bicyclic) bond motifs is 5. The van der Waals surface area contributed by atoms with Crippen molar-refractivity contribution < 1.29 is 18.0 Å². The lowest BCUT2D eigenvalue weighted by Gasteiger charge is -2.44. The molecule has 4 fully saturated rings. The first-order valence-electron chi connectivity index (χ1n) is 10.2. The molecule has 5 heteroatoms. The van der Waals surface area contributed by atoms with Crippen molar-refractivity contribution in [2.45, 2.75) is 57.6 Å². The lowest BCUT2D eigenvalue weighted by Crippen LogP contribution is -2.53. The van der Waals surface area contributed by atoms with Gasteiger partial charge >= 0.3 is 0 Å². The first-order chi connectivity index (χ1) is 12.2. The first kappa shape index (κ1) is 16.0. The summed E-state index contributed by atoms with van der Waals surface area (Å²) in [5.41, 5.74) is 0.627. The Balaban J connectivity index is 1.67. The average Bonchev–Trinajstić information content (AvgIpc) is 2.75. The second-order valence-corrected chi connectivity index (χ2v) is 12.6. The molecular formula is C21H26O4S. The van der Waals surface area contributed by atoms with E-state index in [1.165, 1.54) is 17.6 Å². The Kier molecular flexibility index (Phi) is 2.69. The molecule has 140 valence electrons. The van der Waals surface area contributed by atoms with Gasteiger partial charge in [0.15, 0.2) is 15.6 Å². The van der Waals surface area contributed by atoms with Crippen molar-refractivity contribution in [3.05, 3.63) is 11.1 Å². The van der Waals surface area contributed by atoms with E-state index in [0.29, 0.717) is 11.8 Å². The van der Waals surface area contributed by atoms with Gasteiger partial charge in [0.05, 0.1) is 27.8 Å². The molecule has 0 N–H and O–H groups in total. The van der Waals surface area contributed by atoms with Crippen LogP contribution in [0.4, 0.5) is 0 Å². The Bertz CT molecular complexity index is 900. The molecule has 6 bridgehead atoms. The van der Waals surface area contributed by atoms with E-state index in [9.17, 15) is 18.0 Å². The number of carbonyl (C=O) groups is 2. The number of Topliss-reactive ketones (excluding diaryl/α,β-unsaturated/α-hetero) is 2. The zero-order valence-corrected chi connectivity index (χ0v) is 16.3. The normalized spacial score (nSPS) is 55.9. The van der Waals surface area contributed by atoms with Gasteiger partial charge in [-0.2, -0.15) is 0 Å². The smallest absolute Gasteiger partial charge is 0.155 e. The van der Waals surface area contributed by atoms with Gasteiger partial charge in [0.25, 0.3) is 0 Å². The molecular weight excluding hydrogens is 348 g/mol. The standard InChI is InChI=1S/C21H26O4S/c1-20-15-12-6-10-5-11(7-12)9-13(8-10)16(15)21(2,19(20)23)18-17(20)14(22)3-4-26(18,24)25/h10-13,17-18H,3-9H2,1-2H3. The van der Waals surface area contributed by atoms with Gasteiger partial charge in [0.2, 0.25) is 0 Å². The van der Waals surface area contributed by atoms with Gasteiger partial charge in [0.1, 0.15) is 5.78 Å². The van der Waals surface area contributed by atoms with E-state index in [0.717, 1.165) is 37.5 Å². The predicted octanol–water partition coefficient (Wildman–Crippen LogP) is 2.72. The van der Waals surface area contributed by atoms with Gasteiger partial charge < -0.3 is 0 Å². The van der Waals surface area contributed by atoms with Crippen LogP contribution in [0.15, 0.2) is 11.1 Å². The molecule has 4 nitrogen and oxygen atoms in total. The third kappa shape index (κ3) is 1.48. The second-order valence-electron chi connectivity index (χ2n) is 10.3. The highest BCUT2D eigenvalue weighted by Gasteiger charge is 2.78. The molecule has 3 saturated carbocycles. The van der Waals surface area contributed by atoms with E-state index in [-0.39, 0.29) is 23.7 Å². The maximum Gasteiger partial charge on any atom is 0.155 e. The fraction of sp³-hybridized carbons (Fsp3) is 0.810. The Morgan fingerprint density at radius 1 is 0.846 bits per heavy atom. The SMILES string of the molecule is CC12C(=O)C(C)(C3=C1C1CC4CC(C1)CC3C4)C1C2C(=O)CCS1(=O)=O. The molecule has 6 unspecified atom stereocenters. The van der Waals surface area contributed by atoms with E-state index < -0.39 is 31.8 Å². The number of rotatable bonds is 0. The number of allylic oxidation sites excluding steroid dienone is 2. The molecule has 7 aliphatic rings. The van der Waals surface area contributed by atoms with Crippen molar-refractivity contribution in [3.8, 4) is 0 Å². The van der Waals surface area contributed by atoms with Crippen molar-refractivity contribution in [1.29, 1.82) is 0 Å². The molecule has 0 aromatic carbocycles. The van der Waals surface area contributed by atoms with Gasteiger partial charge in [-0.15, -0.1) is 0 Å². The fourth-order valence-corrected chi connectivity index (χ4v) is 11.3. The molecule has 6 aliphatic carbocycles. The van der Waals surface area contributed by atoms with Crippen LogP contribution in [-0.4, -0.2) is 31.0 Å². The highest BCUT2D eigenvalue weighted by atomic mass is 32.2. The maximum atomic E-state index is 13.8. The number of carbonyl (C=O) groups excluding carboxylic acids is 2. The molecule has 0 aromatic rings. The summed E-state index contributed by atoms with van der Waals surface area (Å²) in [4.78, 5) is 26.7. The van der Waals surface area contributed by atoms with Crippen LogP contribution in [0, 0.1) is 40.4 Å². The van der Waals surface area contributed by atoms with Gasteiger partial charge in [-0.05, 0) is 69.6 Å². The summed E-state index contributed by atoms with van der Waals surface area (Å²) in [5, 5.41) is -0.803. The minimum atomic E-state index is -3.42. The van der Waals surface area contributed by atoms with Gasteiger partial charge in [0, 0.05) is 6.42 Å². The molecule has 6 atom stereocenters. The Morgan fingerprint density at radius 3 is 1.96 bits per heavy atom. The first-order valence-corrected chi connectivity index (χ1v) is 11.9. The minimum absolute atomic E-state index is 0.0138. The monoisotopic (exact) mass is 374 g/mol. The Hall–Kier alpha value is -0.970. The van der Waals surface area contributed by atoms with E-state index in [1.807, 2.05) is 13.8 Å². The molecule has 1 saturated heterocycles. The van der Waals surface area contributed by atoms with Crippen LogP contribution in [0.25, 0.3) is 0 Å². The largest absolute Gasteiger partial charge is 0.299 e. The van der Waals surface area contributed by atoms with Crippen LogP contribution >= 0.6 is 0 Å². The number of hydrogen-bond acceptors (Lipinski definition) is 4. The molecule has 1 aliphatic heterocycles. The highest BCUT2D eigenvalue weighted by Crippen LogP contribution is 2.73. The number of ketones is 2. The topological polar surface area (TPSA) is 68.3 Å². The van der Waals surface area contributed by atoms with Crippen molar-refractivity contribution in [1.82, 2.24) is 0 Å². The van der Waals surface area contributed by atoms with Crippen LogP contribution in [-0.2, 0) is 19.4 Å². The molecule has 0 radical (unpaired) electrons. The molecule has 0 spiro atoms. The summed E-state index contributed by atoms with van der Waals surface area (Å²) >= 11 is 0. The Morgan fingerprint density at radius 2 is 1.38 bits per heavy atom. The van der Waals surface area contributed by atoms with E-state index in [1.54, 1.807) is 0 Å². The van der Waals surface area contributed by atoms with E-state index in [2.05, 4.69) is 0 Å². The summed E-state index contributed by atoms with van der Waals surface area (Å²) in [6.07, 6.45) is 5.92. The third-order valence-corrected chi connectivity index (χ3v) is 11.5. The average molecular weight is 375 g/mol. The van der Waals surface area contributed by atoms with Crippen molar-refractivity contribution in [2.24, 2.45) is 40.4 Å². The number of sulfone groups is 1. The van der Waals surface area contributed by atoms with E-state index >= 15 is 0 Å². The summed E-state index contributed by atoms with van der Waals surface area (Å²) in [6.45, 7) is 3.83. The van der Waals surface area contributed by atoms with Crippen LogP contribution in [0.1, 0.15) is 52.4 Å². The molecule has 0 amide bonds. The molecule has 7 rings (SSSR count). The summed E-state index contributed by atoms with van der Waals surface area (Å²) in [5.74, 6) is 1.57. The summed E-state index contributed by atoms with van der Waals surface area (Å²) < 4.78 is 26.2.